The van der Waals surface area contributed by atoms with E-state index in [9.17, 15) is 4.79 Å². The summed E-state index contributed by atoms with van der Waals surface area (Å²) >= 11 is 0. The molecule has 0 aliphatic rings. The second kappa shape index (κ2) is 6.68. The Morgan fingerprint density at radius 1 is 1.32 bits per heavy atom. The highest BCUT2D eigenvalue weighted by Crippen LogP contribution is 2.28. The van der Waals surface area contributed by atoms with Crippen LogP contribution in [0, 0.1) is 0 Å². The van der Waals surface area contributed by atoms with Crippen molar-refractivity contribution in [1.82, 2.24) is 4.90 Å². The number of nitrogens with zero attached hydrogens (tertiary/aromatic N) is 1. The van der Waals surface area contributed by atoms with Gasteiger partial charge in [0.15, 0.2) is 0 Å². The van der Waals surface area contributed by atoms with Gasteiger partial charge in [-0.2, -0.15) is 0 Å². The minimum atomic E-state index is -0.827. The Bertz CT molecular complexity index is 398. The molecule has 0 spiro atoms. The van der Waals surface area contributed by atoms with Crippen molar-refractivity contribution >= 4 is 5.97 Å². The van der Waals surface area contributed by atoms with Crippen LogP contribution in [0.3, 0.4) is 0 Å². The quantitative estimate of drug-likeness (QED) is 0.859. The van der Waals surface area contributed by atoms with Crippen LogP contribution in [-0.2, 0) is 9.53 Å². The van der Waals surface area contributed by atoms with Crippen LogP contribution in [0.5, 0.6) is 0 Å². The second-order valence-electron chi connectivity index (χ2n) is 5.57. The van der Waals surface area contributed by atoms with E-state index < -0.39 is 5.97 Å². The zero-order valence-corrected chi connectivity index (χ0v) is 12.1. The number of methoxy groups -OCH3 is 1. The molecule has 0 fully saturated rings. The van der Waals surface area contributed by atoms with Gasteiger partial charge >= 0.3 is 5.97 Å². The van der Waals surface area contributed by atoms with Crippen molar-refractivity contribution < 1.29 is 14.6 Å². The van der Waals surface area contributed by atoms with Gasteiger partial charge in [0.05, 0.1) is 19.2 Å². The Morgan fingerprint density at radius 3 is 2.32 bits per heavy atom. The fourth-order valence-corrected chi connectivity index (χ4v) is 2.16. The van der Waals surface area contributed by atoms with Crippen molar-refractivity contribution in [1.29, 1.82) is 0 Å². The van der Waals surface area contributed by atoms with E-state index in [2.05, 4.69) is 0 Å². The van der Waals surface area contributed by atoms with Gasteiger partial charge in [0.25, 0.3) is 0 Å². The summed E-state index contributed by atoms with van der Waals surface area (Å²) in [6, 6.07) is 9.81. The summed E-state index contributed by atoms with van der Waals surface area (Å²) in [5.41, 5.74) is 0.817. The molecule has 0 bridgehead atoms. The Labute approximate surface area is 115 Å². The van der Waals surface area contributed by atoms with Gasteiger partial charge in [-0.3, -0.25) is 9.69 Å². The molecule has 1 N–H and O–H groups in total. The fourth-order valence-electron chi connectivity index (χ4n) is 2.16. The van der Waals surface area contributed by atoms with E-state index in [0.29, 0.717) is 6.61 Å². The maximum atomic E-state index is 11.1. The molecule has 1 atom stereocenters. The van der Waals surface area contributed by atoms with E-state index in [0.717, 1.165) is 5.56 Å². The molecule has 0 aliphatic heterocycles. The van der Waals surface area contributed by atoms with Gasteiger partial charge in [-0.25, -0.2) is 0 Å². The van der Waals surface area contributed by atoms with Gasteiger partial charge in [-0.05, 0) is 26.3 Å². The molecule has 0 amide bonds. The maximum absolute atomic E-state index is 11.1. The summed E-state index contributed by atoms with van der Waals surface area (Å²) in [6.45, 7) is 6.51. The topological polar surface area (TPSA) is 49.8 Å². The lowest BCUT2D eigenvalue weighted by atomic mass is 9.98. The first kappa shape index (κ1) is 15.7. The number of ether oxygens (including phenoxy) is 1. The van der Waals surface area contributed by atoms with Crippen molar-refractivity contribution in [2.45, 2.75) is 32.4 Å². The van der Waals surface area contributed by atoms with Crippen LogP contribution >= 0.6 is 0 Å². The van der Waals surface area contributed by atoms with Crippen LogP contribution in [-0.4, -0.2) is 41.8 Å². The standard InChI is InChI=1S/C15H23NO3/c1-15(2,3)16(10-14(17)18)13(11-19-4)12-8-6-5-7-9-12/h5-9,13H,10-11H2,1-4H3,(H,17,18). The van der Waals surface area contributed by atoms with Crippen molar-refractivity contribution in [3.05, 3.63) is 35.9 Å². The normalized spacial score (nSPS) is 13.5. The third kappa shape index (κ3) is 4.65. The Hall–Kier alpha value is -1.39. The number of benzene rings is 1. The van der Waals surface area contributed by atoms with E-state index in [1.54, 1.807) is 7.11 Å². The lowest BCUT2D eigenvalue weighted by molar-refractivity contribution is -0.141. The average Bonchev–Trinajstić information content (AvgIpc) is 2.33. The van der Waals surface area contributed by atoms with Crippen LogP contribution in [0.15, 0.2) is 30.3 Å². The zero-order valence-electron chi connectivity index (χ0n) is 12.1. The molecule has 1 rings (SSSR count). The predicted octanol–water partition coefficient (Wildman–Crippen LogP) is 2.56. The lowest BCUT2D eigenvalue weighted by Crippen LogP contribution is -2.47. The number of carboxylic acid groups (broad SMARTS) is 1. The lowest BCUT2D eigenvalue weighted by Gasteiger charge is -2.40. The number of carbonyl (C=O) groups is 1. The van der Waals surface area contributed by atoms with E-state index in [4.69, 9.17) is 9.84 Å². The molecule has 0 saturated heterocycles. The van der Waals surface area contributed by atoms with Crippen molar-refractivity contribution in [3.8, 4) is 0 Å². The molecule has 0 saturated carbocycles. The Morgan fingerprint density at radius 2 is 1.89 bits per heavy atom. The van der Waals surface area contributed by atoms with Gasteiger partial charge in [0, 0.05) is 12.6 Å². The van der Waals surface area contributed by atoms with Crippen LogP contribution in [0.4, 0.5) is 0 Å². The summed E-state index contributed by atoms with van der Waals surface area (Å²) in [6.07, 6.45) is 0. The van der Waals surface area contributed by atoms with Crippen molar-refractivity contribution in [3.63, 3.8) is 0 Å². The molecule has 0 heterocycles. The molecule has 106 valence electrons. The molecule has 0 aromatic heterocycles. The molecule has 4 nitrogen and oxygen atoms in total. The maximum Gasteiger partial charge on any atom is 0.317 e. The van der Waals surface area contributed by atoms with Gasteiger partial charge in [-0.1, -0.05) is 30.3 Å². The molecule has 0 aliphatic carbocycles. The number of hydrogen-bond acceptors (Lipinski definition) is 3. The highest BCUT2D eigenvalue weighted by Gasteiger charge is 2.31. The third-order valence-corrected chi connectivity index (χ3v) is 3.05. The SMILES string of the molecule is COCC(c1ccccc1)N(CC(=O)O)C(C)(C)C. The van der Waals surface area contributed by atoms with Crippen LogP contribution in [0.2, 0.25) is 0 Å². The Balaban J connectivity index is 3.08. The van der Waals surface area contributed by atoms with Crippen LogP contribution < -0.4 is 0 Å². The fraction of sp³-hybridized carbons (Fsp3) is 0.533. The summed E-state index contributed by atoms with van der Waals surface area (Å²) in [7, 11) is 1.64. The largest absolute Gasteiger partial charge is 0.480 e. The first-order chi connectivity index (χ1) is 8.86. The summed E-state index contributed by atoms with van der Waals surface area (Å²) in [4.78, 5) is 13.1. The van der Waals surface area contributed by atoms with Gasteiger partial charge < -0.3 is 9.84 Å². The van der Waals surface area contributed by atoms with E-state index in [1.165, 1.54) is 0 Å². The number of carboxylic acids is 1. The monoisotopic (exact) mass is 265 g/mol. The molecule has 4 heteroatoms. The highest BCUT2D eigenvalue weighted by atomic mass is 16.5. The first-order valence-electron chi connectivity index (χ1n) is 6.38. The summed E-state index contributed by atoms with van der Waals surface area (Å²) < 4.78 is 5.28. The van der Waals surface area contributed by atoms with Gasteiger partial charge in [-0.15, -0.1) is 0 Å². The molecule has 1 aromatic carbocycles. The van der Waals surface area contributed by atoms with Crippen LogP contribution in [0.1, 0.15) is 32.4 Å². The molecular formula is C15H23NO3. The predicted molar refractivity (Wildman–Crippen MR) is 75.2 cm³/mol. The minimum Gasteiger partial charge on any atom is -0.480 e. The first-order valence-corrected chi connectivity index (χ1v) is 6.38. The highest BCUT2D eigenvalue weighted by molar-refractivity contribution is 5.69. The second-order valence-corrected chi connectivity index (χ2v) is 5.57. The third-order valence-electron chi connectivity index (χ3n) is 3.05. The van der Waals surface area contributed by atoms with Crippen LogP contribution in [0.25, 0.3) is 0 Å². The van der Waals surface area contributed by atoms with Gasteiger partial charge in [0.1, 0.15) is 0 Å². The van der Waals surface area contributed by atoms with E-state index in [1.807, 2.05) is 56.0 Å². The minimum absolute atomic E-state index is 0.00752. The zero-order chi connectivity index (χ0) is 14.5. The number of hydrogen-bond donors (Lipinski definition) is 1. The summed E-state index contributed by atoms with van der Waals surface area (Å²) in [5, 5.41) is 9.13. The average molecular weight is 265 g/mol. The molecule has 0 radical (unpaired) electrons. The smallest absolute Gasteiger partial charge is 0.317 e. The van der Waals surface area contributed by atoms with Crippen molar-refractivity contribution in [2.75, 3.05) is 20.3 Å². The Kier molecular flexibility index (Phi) is 5.51. The number of aliphatic carboxylic acids is 1. The molecular weight excluding hydrogens is 242 g/mol. The van der Waals surface area contributed by atoms with Crippen molar-refractivity contribution in [2.24, 2.45) is 0 Å². The summed E-state index contributed by atoms with van der Waals surface area (Å²) in [5.74, 6) is -0.827. The molecule has 1 unspecified atom stereocenters. The molecule has 19 heavy (non-hydrogen) atoms. The van der Waals surface area contributed by atoms with E-state index >= 15 is 0 Å². The number of rotatable bonds is 6. The van der Waals surface area contributed by atoms with E-state index in [-0.39, 0.29) is 18.1 Å². The molecule has 1 aromatic rings. The van der Waals surface area contributed by atoms with Gasteiger partial charge in [0.2, 0.25) is 0 Å².